The van der Waals surface area contributed by atoms with E-state index in [1.807, 2.05) is 0 Å². The normalized spacial score (nSPS) is 11.6. The van der Waals surface area contributed by atoms with E-state index in [0.29, 0.717) is 5.56 Å². The van der Waals surface area contributed by atoms with Gasteiger partial charge in [-0.25, -0.2) is 0 Å². The minimum Gasteiger partial charge on any atom is -0.469 e. The third-order valence-corrected chi connectivity index (χ3v) is 3.00. The predicted molar refractivity (Wildman–Crippen MR) is 78.3 cm³/mol. The number of amides is 1. The Morgan fingerprint density at radius 1 is 1.50 bits per heavy atom. The average molecular weight is 295 g/mol. The zero-order valence-corrected chi connectivity index (χ0v) is 12.4. The number of hydrogen-bond donors (Lipinski definition) is 1. The van der Waals surface area contributed by atoms with E-state index in [4.69, 9.17) is 18.0 Å². The smallest absolute Gasteiger partial charge is 0.310 e. The summed E-state index contributed by atoms with van der Waals surface area (Å²) in [5, 5.41) is 0. The van der Waals surface area contributed by atoms with E-state index in [1.54, 1.807) is 26.1 Å². The van der Waals surface area contributed by atoms with E-state index >= 15 is 0 Å². The van der Waals surface area contributed by atoms with Crippen LogP contribution in [0.5, 0.6) is 0 Å². The first-order valence-electron chi connectivity index (χ1n) is 5.96. The number of esters is 1. The number of ether oxygens (including phenoxy) is 1. The number of rotatable bonds is 5. The molecule has 0 bridgehead atoms. The molecule has 1 amide bonds. The van der Waals surface area contributed by atoms with Gasteiger partial charge in [0.05, 0.1) is 13.0 Å². The van der Waals surface area contributed by atoms with Crippen LogP contribution >= 0.6 is 12.2 Å². The van der Waals surface area contributed by atoms with Crippen molar-refractivity contribution in [3.8, 4) is 0 Å². The molecule has 1 aromatic rings. The Morgan fingerprint density at radius 3 is 2.60 bits per heavy atom. The summed E-state index contributed by atoms with van der Waals surface area (Å²) in [7, 11) is 2.92. The number of nitrogens with zero attached hydrogens (tertiary/aromatic N) is 2. The molecule has 0 aliphatic rings. The molecule has 0 aromatic carbocycles. The molecule has 0 saturated heterocycles. The fourth-order valence-corrected chi connectivity index (χ4v) is 1.75. The average Bonchev–Trinajstić information content (AvgIpc) is 2.45. The van der Waals surface area contributed by atoms with Gasteiger partial charge in [-0.15, -0.1) is 0 Å². The van der Waals surface area contributed by atoms with Crippen molar-refractivity contribution in [1.82, 2.24) is 9.88 Å². The van der Waals surface area contributed by atoms with Crippen LogP contribution < -0.4 is 5.73 Å². The number of carbonyl (C=O) groups is 2. The van der Waals surface area contributed by atoms with Crippen LogP contribution in [0, 0.1) is 5.92 Å². The maximum absolute atomic E-state index is 12.1. The zero-order chi connectivity index (χ0) is 15.3. The van der Waals surface area contributed by atoms with Crippen LogP contribution in [0.3, 0.4) is 0 Å². The molecule has 1 heterocycles. The number of methoxy groups -OCH3 is 1. The quantitative estimate of drug-likeness (QED) is 0.632. The summed E-state index contributed by atoms with van der Waals surface area (Å²) in [5.74, 6) is -1.04. The number of pyridine rings is 1. The SMILES string of the molecule is COC(=O)C(C)CN(C)C(=O)c1ccc(C(N)=S)cn1. The highest BCUT2D eigenvalue weighted by molar-refractivity contribution is 7.80. The number of thiocarbonyl (C=S) groups is 1. The molecule has 0 aliphatic heterocycles. The second-order valence-corrected chi connectivity index (χ2v) is 4.85. The van der Waals surface area contributed by atoms with Crippen molar-refractivity contribution in [2.75, 3.05) is 20.7 Å². The lowest BCUT2D eigenvalue weighted by molar-refractivity contribution is -0.145. The summed E-state index contributed by atoms with van der Waals surface area (Å²) in [4.78, 5) is 29.1. The van der Waals surface area contributed by atoms with Crippen LogP contribution in [0.25, 0.3) is 0 Å². The first-order chi connectivity index (χ1) is 9.36. The molecule has 1 unspecified atom stereocenters. The van der Waals surface area contributed by atoms with E-state index in [1.165, 1.54) is 18.2 Å². The van der Waals surface area contributed by atoms with Gasteiger partial charge >= 0.3 is 5.97 Å². The third kappa shape index (κ3) is 3.99. The molecule has 6 nitrogen and oxygen atoms in total. The van der Waals surface area contributed by atoms with E-state index in [0.717, 1.165) is 0 Å². The molecule has 0 saturated carbocycles. The van der Waals surface area contributed by atoms with Gasteiger partial charge < -0.3 is 15.4 Å². The molecule has 0 aliphatic carbocycles. The Kier molecular flexibility index (Phi) is 5.57. The molecule has 1 rings (SSSR count). The standard InChI is InChI=1S/C13H17N3O3S/c1-8(13(18)19-3)7-16(2)12(17)10-5-4-9(6-15-10)11(14)20/h4-6,8H,7H2,1-3H3,(H2,14,20). The molecule has 7 heteroatoms. The Labute approximate surface area is 122 Å². The van der Waals surface area contributed by atoms with E-state index in [2.05, 4.69) is 9.72 Å². The number of hydrogen-bond acceptors (Lipinski definition) is 5. The van der Waals surface area contributed by atoms with Crippen LogP contribution in [0.15, 0.2) is 18.3 Å². The summed E-state index contributed by atoms with van der Waals surface area (Å²) in [6.07, 6.45) is 1.45. The summed E-state index contributed by atoms with van der Waals surface area (Å²) in [6.45, 7) is 1.95. The van der Waals surface area contributed by atoms with Gasteiger partial charge in [0.1, 0.15) is 10.7 Å². The topological polar surface area (TPSA) is 85.5 Å². The molecule has 1 aromatic heterocycles. The Morgan fingerprint density at radius 2 is 2.15 bits per heavy atom. The highest BCUT2D eigenvalue weighted by atomic mass is 32.1. The van der Waals surface area contributed by atoms with Crippen molar-refractivity contribution < 1.29 is 14.3 Å². The Bertz CT molecular complexity index is 516. The van der Waals surface area contributed by atoms with E-state index < -0.39 is 5.92 Å². The van der Waals surface area contributed by atoms with Crippen molar-refractivity contribution in [2.24, 2.45) is 11.7 Å². The van der Waals surface area contributed by atoms with Crippen molar-refractivity contribution in [3.63, 3.8) is 0 Å². The zero-order valence-electron chi connectivity index (χ0n) is 11.6. The lowest BCUT2D eigenvalue weighted by atomic mass is 10.1. The van der Waals surface area contributed by atoms with Gasteiger partial charge in [0.2, 0.25) is 0 Å². The van der Waals surface area contributed by atoms with Crippen LogP contribution in [-0.2, 0) is 9.53 Å². The largest absolute Gasteiger partial charge is 0.469 e. The van der Waals surface area contributed by atoms with Crippen LogP contribution in [0.2, 0.25) is 0 Å². The third-order valence-electron chi connectivity index (χ3n) is 2.77. The molecule has 108 valence electrons. The maximum Gasteiger partial charge on any atom is 0.310 e. The molecule has 2 N–H and O–H groups in total. The maximum atomic E-state index is 12.1. The minimum absolute atomic E-state index is 0.226. The fraction of sp³-hybridized carbons (Fsp3) is 0.385. The van der Waals surface area contributed by atoms with Gasteiger partial charge in [-0.3, -0.25) is 14.6 Å². The molecular weight excluding hydrogens is 278 g/mol. The highest BCUT2D eigenvalue weighted by Crippen LogP contribution is 2.06. The Balaban J connectivity index is 2.74. The molecule has 1 atom stereocenters. The first-order valence-corrected chi connectivity index (χ1v) is 6.36. The van der Waals surface area contributed by atoms with Gasteiger partial charge in [0.25, 0.3) is 5.91 Å². The number of carbonyl (C=O) groups excluding carboxylic acids is 2. The molecule has 20 heavy (non-hydrogen) atoms. The monoisotopic (exact) mass is 295 g/mol. The van der Waals surface area contributed by atoms with Gasteiger partial charge in [0.15, 0.2) is 0 Å². The molecule has 0 fully saturated rings. The lowest BCUT2D eigenvalue weighted by Crippen LogP contribution is -2.34. The van der Waals surface area contributed by atoms with Crippen molar-refractivity contribution in [3.05, 3.63) is 29.6 Å². The first kappa shape index (κ1) is 16.0. The summed E-state index contributed by atoms with van der Waals surface area (Å²) in [6, 6.07) is 3.19. The summed E-state index contributed by atoms with van der Waals surface area (Å²) < 4.78 is 4.62. The second-order valence-electron chi connectivity index (χ2n) is 4.41. The lowest BCUT2D eigenvalue weighted by Gasteiger charge is -2.19. The molecule has 0 spiro atoms. The van der Waals surface area contributed by atoms with E-state index in [9.17, 15) is 9.59 Å². The van der Waals surface area contributed by atoms with Crippen molar-refractivity contribution in [2.45, 2.75) is 6.92 Å². The summed E-state index contributed by atoms with van der Waals surface area (Å²) in [5.41, 5.74) is 6.33. The fourth-order valence-electron chi connectivity index (χ4n) is 1.63. The number of aromatic nitrogens is 1. The van der Waals surface area contributed by atoms with Gasteiger partial charge in [-0.05, 0) is 12.1 Å². The van der Waals surface area contributed by atoms with Crippen LogP contribution in [-0.4, -0.2) is 47.5 Å². The summed E-state index contributed by atoms with van der Waals surface area (Å²) >= 11 is 4.81. The van der Waals surface area contributed by atoms with Crippen molar-refractivity contribution in [1.29, 1.82) is 0 Å². The molecular formula is C13H17N3O3S. The van der Waals surface area contributed by atoms with E-state index in [-0.39, 0.29) is 29.1 Å². The van der Waals surface area contributed by atoms with Crippen molar-refractivity contribution >= 4 is 29.1 Å². The molecule has 0 radical (unpaired) electrons. The number of nitrogens with two attached hydrogens (primary N) is 1. The van der Waals surface area contributed by atoms with Crippen LogP contribution in [0.1, 0.15) is 23.0 Å². The predicted octanol–water partition coefficient (Wildman–Crippen LogP) is 0.597. The van der Waals surface area contributed by atoms with Crippen LogP contribution in [0.4, 0.5) is 0 Å². The minimum atomic E-state index is -0.398. The Hall–Kier alpha value is -2.02. The van der Waals surface area contributed by atoms with Gasteiger partial charge in [0, 0.05) is 25.4 Å². The van der Waals surface area contributed by atoms with Gasteiger partial charge in [-0.1, -0.05) is 19.1 Å². The second kappa shape index (κ2) is 6.95. The van der Waals surface area contributed by atoms with Gasteiger partial charge in [-0.2, -0.15) is 0 Å². The highest BCUT2D eigenvalue weighted by Gasteiger charge is 2.20.